The Morgan fingerprint density at radius 1 is 1.10 bits per heavy atom. The van der Waals surface area contributed by atoms with Gasteiger partial charge in [-0.1, -0.05) is 52.0 Å². The summed E-state index contributed by atoms with van der Waals surface area (Å²) in [4.78, 5) is 10.8. The first kappa shape index (κ1) is 21.5. The Morgan fingerprint density at radius 2 is 1.80 bits per heavy atom. The number of nitrogens with one attached hydrogen (secondary N) is 1. The van der Waals surface area contributed by atoms with Gasteiger partial charge in [-0.3, -0.25) is 9.88 Å². The minimum absolute atomic E-state index is 0.152. The molecule has 0 saturated heterocycles. The molecule has 6 heteroatoms. The highest BCUT2D eigenvalue weighted by Gasteiger charge is 2.21. The summed E-state index contributed by atoms with van der Waals surface area (Å²) < 4.78 is 5.87. The van der Waals surface area contributed by atoms with Crippen LogP contribution in [0.4, 0.5) is 5.88 Å². The zero-order valence-electron chi connectivity index (χ0n) is 18.1. The first-order valence-electron chi connectivity index (χ1n) is 10.5. The molecule has 0 amide bonds. The van der Waals surface area contributed by atoms with Crippen LogP contribution in [-0.4, -0.2) is 34.5 Å². The van der Waals surface area contributed by atoms with Gasteiger partial charge in [-0.05, 0) is 42.3 Å². The second-order valence-electron chi connectivity index (χ2n) is 7.49. The summed E-state index contributed by atoms with van der Waals surface area (Å²) in [5.74, 6) is 1.29. The van der Waals surface area contributed by atoms with Gasteiger partial charge in [0.05, 0.1) is 11.6 Å². The molecule has 0 aliphatic heterocycles. The lowest BCUT2D eigenvalue weighted by Crippen LogP contribution is -2.33. The SMILES string of the molecule is CCN(CC)[C@@H](CNc1oc(-c2cccnc2)nc1C#N)c1ccc(C(C)C)cc1. The topological polar surface area (TPSA) is 78.0 Å². The molecule has 30 heavy (non-hydrogen) atoms. The molecule has 1 atom stereocenters. The standard InChI is InChI=1S/C24H29N5O/c1-5-29(6-2)22(19-11-9-18(10-12-19)17(3)4)16-27-24-21(14-25)28-23(30-24)20-8-7-13-26-15-20/h7-13,15,17,22,27H,5-6,16H2,1-4H3/t22-/m0/s1. The third-order valence-electron chi connectivity index (χ3n) is 5.34. The van der Waals surface area contributed by atoms with E-state index in [1.165, 1.54) is 11.1 Å². The second-order valence-corrected chi connectivity index (χ2v) is 7.49. The van der Waals surface area contributed by atoms with Gasteiger partial charge in [0.2, 0.25) is 17.5 Å². The number of aromatic nitrogens is 2. The maximum Gasteiger partial charge on any atom is 0.232 e. The number of rotatable bonds is 9. The molecule has 0 radical (unpaired) electrons. The molecule has 3 aromatic rings. The van der Waals surface area contributed by atoms with Crippen LogP contribution in [0.1, 0.15) is 56.5 Å². The van der Waals surface area contributed by atoms with Gasteiger partial charge >= 0.3 is 0 Å². The second kappa shape index (κ2) is 10.0. The molecule has 0 spiro atoms. The molecule has 2 aromatic heterocycles. The Hall–Kier alpha value is -3.17. The lowest BCUT2D eigenvalue weighted by Gasteiger charge is -2.30. The van der Waals surface area contributed by atoms with Gasteiger partial charge in [-0.15, -0.1) is 0 Å². The number of hydrogen-bond donors (Lipinski definition) is 1. The van der Waals surface area contributed by atoms with Crippen LogP contribution in [-0.2, 0) is 0 Å². The molecule has 1 aromatic carbocycles. The summed E-state index contributed by atoms with van der Waals surface area (Å²) in [5, 5.41) is 12.8. The van der Waals surface area contributed by atoms with Crippen LogP contribution in [0.25, 0.3) is 11.5 Å². The van der Waals surface area contributed by atoms with Crippen LogP contribution in [0, 0.1) is 11.3 Å². The molecule has 6 nitrogen and oxygen atoms in total. The van der Waals surface area contributed by atoms with Crippen molar-refractivity contribution in [3.8, 4) is 17.5 Å². The van der Waals surface area contributed by atoms with E-state index in [0.29, 0.717) is 24.2 Å². The average molecular weight is 404 g/mol. The van der Waals surface area contributed by atoms with E-state index in [4.69, 9.17) is 4.42 Å². The zero-order chi connectivity index (χ0) is 21.5. The maximum absolute atomic E-state index is 9.51. The Kier molecular flexibility index (Phi) is 7.21. The quantitative estimate of drug-likeness (QED) is 0.527. The minimum atomic E-state index is 0.152. The van der Waals surface area contributed by atoms with Crippen molar-refractivity contribution in [2.45, 2.75) is 39.7 Å². The van der Waals surface area contributed by atoms with Crippen LogP contribution >= 0.6 is 0 Å². The van der Waals surface area contributed by atoms with Crippen LogP contribution in [0.15, 0.2) is 53.2 Å². The summed E-state index contributed by atoms with van der Waals surface area (Å²) >= 11 is 0. The van der Waals surface area contributed by atoms with E-state index in [9.17, 15) is 5.26 Å². The van der Waals surface area contributed by atoms with E-state index >= 15 is 0 Å². The Labute approximate surface area is 178 Å². The predicted octanol–water partition coefficient (Wildman–Crippen LogP) is 5.23. The number of nitriles is 1. The molecule has 3 rings (SSSR count). The van der Waals surface area contributed by atoms with E-state index in [-0.39, 0.29) is 11.7 Å². The third kappa shape index (κ3) is 4.87. The van der Waals surface area contributed by atoms with Gasteiger partial charge in [0.15, 0.2) is 0 Å². The molecule has 156 valence electrons. The Morgan fingerprint density at radius 3 is 2.37 bits per heavy atom. The van der Waals surface area contributed by atoms with Crippen LogP contribution in [0.2, 0.25) is 0 Å². The van der Waals surface area contributed by atoms with Crippen molar-refractivity contribution in [2.24, 2.45) is 0 Å². The summed E-state index contributed by atoms with van der Waals surface area (Å²) in [6.45, 7) is 11.2. The average Bonchev–Trinajstić information content (AvgIpc) is 3.20. The molecule has 0 saturated carbocycles. The van der Waals surface area contributed by atoms with Crippen molar-refractivity contribution < 1.29 is 4.42 Å². The first-order chi connectivity index (χ1) is 14.6. The number of nitrogens with zero attached hydrogens (tertiary/aromatic N) is 4. The summed E-state index contributed by atoms with van der Waals surface area (Å²) in [5.41, 5.74) is 3.56. The lowest BCUT2D eigenvalue weighted by molar-refractivity contribution is 0.227. The summed E-state index contributed by atoms with van der Waals surface area (Å²) in [6.07, 6.45) is 3.36. The zero-order valence-corrected chi connectivity index (χ0v) is 18.1. The lowest BCUT2D eigenvalue weighted by atomic mass is 9.98. The van der Waals surface area contributed by atoms with E-state index in [2.05, 4.69) is 78.2 Å². The number of oxazole rings is 1. The van der Waals surface area contributed by atoms with E-state index in [0.717, 1.165) is 18.7 Å². The maximum atomic E-state index is 9.51. The van der Waals surface area contributed by atoms with Crippen molar-refractivity contribution >= 4 is 5.88 Å². The first-order valence-corrected chi connectivity index (χ1v) is 10.5. The van der Waals surface area contributed by atoms with Crippen molar-refractivity contribution in [1.29, 1.82) is 5.26 Å². The largest absolute Gasteiger partial charge is 0.419 e. The highest BCUT2D eigenvalue weighted by atomic mass is 16.4. The van der Waals surface area contributed by atoms with Crippen LogP contribution in [0.5, 0.6) is 0 Å². The number of likely N-dealkylation sites (N-methyl/N-ethyl adjacent to an activating group) is 1. The molecular weight excluding hydrogens is 374 g/mol. The fourth-order valence-electron chi connectivity index (χ4n) is 3.54. The van der Waals surface area contributed by atoms with Crippen molar-refractivity contribution in [1.82, 2.24) is 14.9 Å². The summed E-state index contributed by atoms with van der Waals surface area (Å²) in [6, 6.07) is 14.8. The monoisotopic (exact) mass is 403 g/mol. The van der Waals surface area contributed by atoms with Gasteiger partial charge in [0.1, 0.15) is 6.07 Å². The normalized spacial score (nSPS) is 12.2. The highest BCUT2D eigenvalue weighted by molar-refractivity contribution is 5.57. The fourth-order valence-corrected chi connectivity index (χ4v) is 3.54. The van der Waals surface area contributed by atoms with E-state index < -0.39 is 0 Å². The van der Waals surface area contributed by atoms with Gasteiger partial charge in [0, 0.05) is 18.9 Å². The minimum Gasteiger partial charge on any atom is -0.419 e. The number of anilines is 1. The van der Waals surface area contributed by atoms with E-state index in [1.807, 2.05) is 12.1 Å². The van der Waals surface area contributed by atoms with E-state index in [1.54, 1.807) is 12.4 Å². The Bertz CT molecular complexity index is 969. The molecule has 0 unspecified atom stereocenters. The van der Waals surface area contributed by atoms with Crippen molar-refractivity contribution in [2.75, 3.05) is 25.0 Å². The van der Waals surface area contributed by atoms with Gasteiger partial charge in [0.25, 0.3) is 0 Å². The fraction of sp³-hybridized carbons (Fsp3) is 0.375. The predicted molar refractivity (Wildman–Crippen MR) is 119 cm³/mol. The molecule has 2 heterocycles. The van der Waals surface area contributed by atoms with Crippen LogP contribution in [0.3, 0.4) is 0 Å². The molecule has 0 bridgehead atoms. The highest BCUT2D eigenvalue weighted by Crippen LogP contribution is 2.27. The molecule has 0 aliphatic carbocycles. The molecule has 1 N–H and O–H groups in total. The smallest absolute Gasteiger partial charge is 0.232 e. The number of hydrogen-bond acceptors (Lipinski definition) is 6. The van der Waals surface area contributed by atoms with Crippen LogP contribution < -0.4 is 5.32 Å². The molecule has 0 aliphatic rings. The van der Waals surface area contributed by atoms with Crippen molar-refractivity contribution in [3.63, 3.8) is 0 Å². The summed E-state index contributed by atoms with van der Waals surface area (Å²) in [7, 11) is 0. The van der Waals surface area contributed by atoms with Gasteiger partial charge in [-0.2, -0.15) is 10.2 Å². The number of pyridine rings is 1. The molecule has 0 fully saturated rings. The molecular formula is C24H29N5O. The number of benzene rings is 1. The third-order valence-corrected chi connectivity index (χ3v) is 5.34. The van der Waals surface area contributed by atoms with Gasteiger partial charge in [-0.25, -0.2) is 0 Å². The Balaban J connectivity index is 1.84. The van der Waals surface area contributed by atoms with Gasteiger partial charge < -0.3 is 9.73 Å². The van der Waals surface area contributed by atoms with Crippen molar-refractivity contribution in [3.05, 3.63) is 65.6 Å².